The normalized spacial score (nSPS) is 17.8. The summed E-state index contributed by atoms with van der Waals surface area (Å²) >= 11 is 1.71. The summed E-state index contributed by atoms with van der Waals surface area (Å²) < 4.78 is 5.14. The Bertz CT molecular complexity index is 980. The number of hydrazone groups is 1. The van der Waals surface area contributed by atoms with Gasteiger partial charge in [-0.05, 0) is 29.8 Å². The zero-order valence-electron chi connectivity index (χ0n) is 18.1. The molecule has 0 atom stereocenters. The van der Waals surface area contributed by atoms with Crippen LogP contribution in [0.3, 0.4) is 0 Å². The van der Waals surface area contributed by atoms with Gasteiger partial charge >= 0.3 is 0 Å². The van der Waals surface area contributed by atoms with E-state index >= 15 is 0 Å². The van der Waals surface area contributed by atoms with E-state index in [1.165, 1.54) is 16.0 Å². The third-order valence-electron chi connectivity index (χ3n) is 5.62. The molecule has 0 aromatic heterocycles. The van der Waals surface area contributed by atoms with Crippen LogP contribution < -0.4 is 15.1 Å². The Morgan fingerprint density at radius 2 is 1.62 bits per heavy atom. The first-order valence-corrected chi connectivity index (χ1v) is 11.8. The maximum absolute atomic E-state index is 12.2. The van der Waals surface area contributed by atoms with Crippen molar-refractivity contribution >= 4 is 23.9 Å². The number of nitrogens with one attached hydrogen (secondary N) is 2. The number of likely N-dealkylation sites (tertiary alicyclic amines) is 1. The second kappa shape index (κ2) is 11.0. The lowest BCUT2D eigenvalue weighted by atomic mass is 9.94. The van der Waals surface area contributed by atoms with Gasteiger partial charge < -0.3 is 9.64 Å². The minimum absolute atomic E-state index is 0.0733. The molecule has 0 aliphatic carbocycles. The molecule has 0 unspecified atom stereocenters. The van der Waals surface area contributed by atoms with Crippen LogP contribution in [0.15, 0.2) is 90.0 Å². The van der Waals surface area contributed by atoms with Crippen molar-refractivity contribution in [2.45, 2.75) is 11.3 Å². The van der Waals surface area contributed by atoms with Gasteiger partial charge in [-0.1, -0.05) is 60.7 Å². The molecule has 2 N–H and O–H groups in total. The molecule has 1 heterocycles. The molecule has 0 saturated carbocycles. The molecule has 3 aromatic carbocycles. The van der Waals surface area contributed by atoms with Crippen LogP contribution in [0.1, 0.15) is 22.7 Å². The van der Waals surface area contributed by atoms with E-state index in [4.69, 9.17) is 4.74 Å². The number of carbonyl (C=O) groups excluding carboxylic acids is 1. The van der Waals surface area contributed by atoms with Gasteiger partial charge in [0.05, 0.1) is 32.2 Å². The number of amides is 1. The molecule has 32 heavy (non-hydrogen) atoms. The van der Waals surface area contributed by atoms with Gasteiger partial charge in [-0.25, -0.2) is 5.43 Å². The molecule has 3 aromatic rings. The molecule has 1 aliphatic rings. The zero-order valence-corrected chi connectivity index (χ0v) is 18.9. The first kappa shape index (κ1) is 22.1. The monoisotopic (exact) mass is 446 g/mol. The molecule has 5 nitrogen and oxygen atoms in total. The summed E-state index contributed by atoms with van der Waals surface area (Å²) in [5.41, 5.74) is 6.20. The number of ether oxygens (including phenoxy) is 1. The molecule has 1 aliphatic heterocycles. The number of methoxy groups -OCH3 is 1. The highest BCUT2D eigenvalue weighted by atomic mass is 32.2. The van der Waals surface area contributed by atoms with Gasteiger partial charge in [0.15, 0.2) is 0 Å². The SMILES string of the molecule is COc1ccc(/C=N\NC(=O)CSC2C[NH+](C(c3ccccc3)c3ccccc3)C2)cc1. The highest BCUT2D eigenvalue weighted by Gasteiger charge is 2.38. The molecular weight excluding hydrogens is 418 g/mol. The lowest BCUT2D eigenvalue weighted by molar-refractivity contribution is -0.960. The Labute approximate surface area is 193 Å². The third kappa shape index (κ3) is 5.78. The number of hydrogen-bond acceptors (Lipinski definition) is 4. The topological polar surface area (TPSA) is 55.1 Å². The van der Waals surface area contributed by atoms with Crippen molar-refractivity contribution in [3.05, 3.63) is 102 Å². The fourth-order valence-electron chi connectivity index (χ4n) is 3.93. The molecular formula is C26H28N3O2S+. The third-order valence-corrected chi connectivity index (χ3v) is 6.86. The van der Waals surface area contributed by atoms with Gasteiger partial charge in [-0.15, -0.1) is 11.8 Å². The van der Waals surface area contributed by atoms with Gasteiger partial charge in [-0.2, -0.15) is 5.10 Å². The summed E-state index contributed by atoms with van der Waals surface area (Å²) in [5.74, 6) is 1.14. The first-order chi connectivity index (χ1) is 15.7. The van der Waals surface area contributed by atoms with E-state index in [9.17, 15) is 4.79 Å². The lowest BCUT2D eigenvalue weighted by Gasteiger charge is -2.40. The summed E-state index contributed by atoms with van der Waals surface area (Å²) in [6, 6.07) is 29.2. The molecule has 164 valence electrons. The molecule has 1 fully saturated rings. The highest BCUT2D eigenvalue weighted by Crippen LogP contribution is 2.22. The predicted octanol–water partition coefficient (Wildman–Crippen LogP) is 2.94. The minimum atomic E-state index is -0.0733. The van der Waals surface area contributed by atoms with Crippen LogP contribution in [-0.2, 0) is 4.79 Å². The van der Waals surface area contributed by atoms with Gasteiger partial charge in [0.2, 0.25) is 5.91 Å². The van der Waals surface area contributed by atoms with Crippen molar-refractivity contribution in [1.29, 1.82) is 0 Å². The van der Waals surface area contributed by atoms with Crippen LogP contribution in [-0.4, -0.2) is 43.3 Å². The number of hydrogen-bond donors (Lipinski definition) is 2. The number of thioether (sulfide) groups is 1. The van der Waals surface area contributed by atoms with Crippen molar-refractivity contribution in [1.82, 2.24) is 5.43 Å². The molecule has 4 rings (SSSR count). The van der Waals surface area contributed by atoms with Gasteiger partial charge in [-0.3, -0.25) is 4.79 Å². The highest BCUT2D eigenvalue weighted by molar-refractivity contribution is 8.00. The van der Waals surface area contributed by atoms with E-state index in [-0.39, 0.29) is 5.91 Å². The number of benzene rings is 3. The minimum Gasteiger partial charge on any atom is -0.497 e. The van der Waals surface area contributed by atoms with Gasteiger partial charge in [0.25, 0.3) is 0 Å². The largest absolute Gasteiger partial charge is 0.497 e. The maximum Gasteiger partial charge on any atom is 0.250 e. The van der Waals surface area contributed by atoms with E-state index in [0.717, 1.165) is 24.4 Å². The zero-order chi connectivity index (χ0) is 22.2. The molecule has 1 amide bonds. The van der Waals surface area contributed by atoms with Crippen LogP contribution in [0, 0.1) is 0 Å². The van der Waals surface area contributed by atoms with Gasteiger partial charge in [0, 0.05) is 11.1 Å². The fraction of sp³-hybridized carbons (Fsp3) is 0.231. The number of carbonyl (C=O) groups is 1. The smallest absolute Gasteiger partial charge is 0.250 e. The van der Waals surface area contributed by atoms with Crippen LogP contribution >= 0.6 is 11.8 Å². The quantitative estimate of drug-likeness (QED) is 0.393. The number of rotatable bonds is 9. The molecule has 0 spiro atoms. The fourth-order valence-corrected chi connectivity index (χ4v) is 5.04. The molecule has 0 radical (unpaired) electrons. The number of quaternary nitrogens is 1. The second-order valence-corrected chi connectivity index (χ2v) is 9.11. The van der Waals surface area contributed by atoms with Crippen LogP contribution in [0.25, 0.3) is 0 Å². The predicted molar refractivity (Wildman–Crippen MR) is 130 cm³/mol. The summed E-state index contributed by atoms with van der Waals surface area (Å²) in [6.45, 7) is 2.09. The van der Waals surface area contributed by atoms with Crippen molar-refractivity contribution in [2.24, 2.45) is 5.10 Å². The van der Waals surface area contributed by atoms with Crippen molar-refractivity contribution in [3.8, 4) is 5.75 Å². The average molecular weight is 447 g/mol. The molecule has 1 saturated heterocycles. The van der Waals surface area contributed by atoms with E-state index < -0.39 is 0 Å². The second-order valence-electron chi connectivity index (χ2n) is 7.82. The van der Waals surface area contributed by atoms with Crippen LogP contribution in [0.2, 0.25) is 0 Å². The Hall–Kier alpha value is -3.09. The van der Waals surface area contributed by atoms with Crippen molar-refractivity contribution in [3.63, 3.8) is 0 Å². The van der Waals surface area contributed by atoms with Gasteiger partial charge in [0.1, 0.15) is 17.0 Å². The van der Waals surface area contributed by atoms with E-state index in [2.05, 4.69) is 71.2 Å². The van der Waals surface area contributed by atoms with E-state index in [1.54, 1.807) is 25.1 Å². The first-order valence-electron chi connectivity index (χ1n) is 10.7. The maximum atomic E-state index is 12.2. The summed E-state index contributed by atoms with van der Waals surface area (Å²) in [7, 11) is 1.63. The summed E-state index contributed by atoms with van der Waals surface area (Å²) in [5, 5.41) is 4.54. The van der Waals surface area contributed by atoms with Crippen LogP contribution in [0.5, 0.6) is 5.75 Å². The Morgan fingerprint density at radius 3 is 2.19 bits per heavy atom. The molecule has 0 bridgehead atoms. The van der Waals surface area contributed by atoms with Crippen LogP contribution in [0.4, 0.5) is 0 Å². The van der Waals surface area contributed by atoms with Crippen molar-refractivity contribution < 1.29 is 14.4 Å². The Balaban J connectivity index is 1.25. The van der Waals surface area contributed by atoms with E-state index in [0.29, 0.717) is 17.0 Å². The Morgan fingerprint density at radius 1 is 1.03 bits per heavy atom. The standard InChI is InChI=1S/C26H27N3O2S/c1-31-23-14-12-20(13-15-23)16-27-28-25(30)19-32-24-17-29(18-24)26(21-8-4-2-5-9-21)22-10-6-3-7-11-22/h2-16,24,26H,17-19H2,1H3,(H,28,30)/p+1/b27-16-. The van der Waals surface area contributed by atoms with E-state index in [1.807, 2.05) is 24.3 Å². The Kier molecular flexibility index (Phi) is 7.59. The number of nitrogens with zero attached hydrogens (tertiary/aromatic N) is 1. The lowest BCUT2D eigenvalue weighted by Crippen LogP contribution is -3.21. The summed E-state index contributed by atoms with van der Waals surface area (Å²) in [6.07, 6.45) is 1.64. The van der Waals surface area contributed by atoms with Crippen molar-refractivity contribution in [2.75, 3.05) is 26.0 Å². The average Bonchev–Trinajstić information content (AvgIpc) is 2.82. The summed E-state index contributed by atoms with van der Waals surface area (Å²) in [4.78, 5) is 13.7. The molecule has 6 heteroatoms.